The van der Waals surface area contributed by atoms with E-state index in [1.807, 2.05) is 22.7 Å². The molecule has 6 heteroatoms. The van der Waals surface area contributed by atoms with Crippen molar-refractivity contribution in [2.45, 2.75) is 18.5 Å². The number of nitrogens with zero attached hydrogens (tertiary/aromatic N) is 3. The van der Waals surface area contributed by atoms with E-state index in [1.165, 1.54) is 0 Å². The zero-order valence-electron chi connectivity index (χ0n) is 8.63. The van der Waals surface area contributed by atoms with E-state index in [0.717, 1.165) is 13.0 Å². The van der Waals surface area contributed by atoms with E-state index in [1.54, 1.807) is 12.5 Å². The Labute approximate surface area is 88.0 Å². The first-order valence-electron chi connectivity index (χ1n) is 4.90. The molecule has 82 valence electrons. The molecule has 6 nitrogen and oxygen atoms in total. The van der Waals surface area contributed by atoms with Crippen molar-refractivity contribution in [2.75, 3.05) is 13.6 Å². The maximum Gasteiger partial charge on any atom is 0.251 e. The predicted molar refractivity (Wildman–Crippen MR) is 54.6 cm³/mol. The lowest BCUT2D eigenvalue weighted by Crippen LogP contribution is -2.44. The number of aromatic nitrogens is 2. The number of carbonyl (C=O) groups is 1. The van der Waals surface area contributed by atoms with Crippen molar-refractivity contribution in [2.24, 2.45) is 5.84 Å². The van der Waals surface area contributed by atoms with Gasteiger partial charge in [0.25, 0.3) is 5.91 Å². The molecule has 1 fully saturated rings. The van der Waals surface area contributed by atoms with Crippen molar-refractivity contribution < 1.29 is 4.79 Å². The number of amides is 1. The van der Waals surface area contributed by atoms with Gasteiger partial charge in [0.05, 0.1) is 12.4 Å². The van der Waals surface area contributed by atoms with Crippen molar-refractivity contribution in [3.63, 3.8) is 0 Å². The van der Waals surface area contributed by atoms with Crippen LogP contribution in [0, 0.1) is 0 Å². The molecule has 1 aromatic heterocycles. The van der Waals surface area contributed by atoms with Gasteiger partial charge in [0.2, 0.25) is 0 Å². The van der Waals surface area contributed by atoms with Crippen molar-refractivity contribution in [3.05, 3.63) is 18.7 Å². The van der Waals surface area contributed by atoms with Crippen LogP contribution in [-0.2, 0) is 4.79 Å². The minimum Gasteiger partial charge on any atom is -0.333 e. The molecule has 0 radical (unpaired) electrons. The monoisotopic (exact) mass is 209 g/mol. The second-order valence-corrected chi connectivity index (χ2v) is 3.86. The number of imidazole rings is 1. The molecule has 1 aliphatic rings. The third kappa shape index (κ3) is 1.86. The summed E-state index contributed by atoms with van der Waals surface area (Å²) in [5.41, 5.74) is 2.20. The SMILES string of the molecule is CN1C[C@@H](n2ccnc2)C[C@H]1C(=O)NN. The van der Waals surface area contributed by atoms with Crippen LogP contribution in [0.25, 0.3) is 0 Å². The van der Waals surface area contributed by atoms with Gasteiger partial charge in [0, 0.05) is 25.0 Å². The third-order valence-electron chi connectivity index (χ3n) is 2.92. The number of hydrogen-bond acceptors (Lipinski definition) is 4. The minimum absolute atomic E-state index is 0.125. The molecule has 2 atom stereocenters. The lowest BCUT2D eigenvalue weighted by molar-refractivity contribution is -0.125. The fraction of sp³-hybridized carbons (Fsp3) is 0.556. The van der Waals surface area contributed by atoms with E-state index < -0.39 is 0 Å². The van der Waals surface area contributed by atoms with Crippen LogP contribution in [0.5, 0.6) is 0 Å². The summed E-state index contributed by atoms with van der Waals surface area (Å²) >= 11 is 0. The first-order chi connectivity index (χ1) is 7.22. The van der Waals surface area contributed by atoms with Crippen LogP contribution in [-0.4, -0.2) is 40.0 Å². The molecule has 0 spiro atoms. The molecular formula is C9H15N5O. The Balaban J connectivity index is 2.07. The van der Waals surface area contributed by atoms with E-state index in [2.05, 4.69) is 10.4 Å². The second kappa shape index (κ2) is 4.00. The summed E-state index contributed by atoms with van der Waals surface area (Å²) in [6.07, 6.45) is 6.22. The smallest absolute Gasteiger partial charge is 0.251 e. The van der Waals surface area contributed by atoms with Crippen molar-refractivity contribution in [1.29, 1.82) is 0 Å². The first kappa shape index (κ1) is 10.1. The average molecular weight is 209 g/mol. The van der Waals surface area contributed by atoms with Gasteiger partial charge >= 0.3 is 0 Å². The van der Waals surface area contributed by atoms with Crippen LogP contribution >= 0.6 is 0 Å². The van der Waals surface area contributed by atoms with Gasteiger partial charge in [-0.2, -0.15) is 0 Å². The fourth-order valence-electron chi connectivity index (χ4n) is 2.08. The Kier molecular flexibility index (Phi) is 2.70. The van der Waals surface area contributed by atoms with Crippen LogP contribution in [0.1, 0.15) is 12.5 Å². The molecule has 0 aliphatic carbocycles. The summed E-state index contributed by atoms with van der Waals surface area (Å²) in [6, 6.07) is 0.169. The summed E-state index contributed by atoms with van der Waals surface area (Å²) in [7, 11) is 1.93. The number of rotatable bonds is 2. The number of likely N-dealkylation sites (N-methyl/N-ethyl adjacent to an activating group) is 1. The Morgan fingerprint density at radius 1 is 1.67 bits per heavy atom. The Hall–Kier alpha value is -1.40. The number of hydrazine groups is 1. The van der Waals surface area contributed by atoms with Gasteiger partial charge < -0.3 is 4.57 Å². The summed E-state index contributed by atoms with van der Waals surface area (Å²) in [4.78, 5) is 17.4. The van der Waals surface area contributed by atoms with Gasteiger partial charge in [0.15, 0.2) is 0 Å². The van der Waals surface area contributed by atoms with Crippen LogP contribution in [0.15, 0.2) is 18.7 Å². The minimum atomic E-state index is -0.137. The molecule has 1 aliphatic heterocycles. The highest BCUT2D eigenvalue weighted by Crippen LogP contribution is 2.25. The highest BCUT2D eigenvalue weighted by atomic mass is 16.2. The zero-order chi connectivity index (χ0) is 10.8. The van der Waals surface area contributed by atoms with E-state index >= 15 is 0 Å². The largest absolute Gasteiger partial charge is 0.333 e. The van der Waals surface area contributed by atoms with Gasteiger partial charge in [-0.25, -0.2) is 10.8 Å². The lowest BCUT2D eigenvalue weighted by Gasteiger charge is -2.16. The molecule has 1 aromatic rings. The van der Waals surface area contributed by atoms with Gasteiger partial charge in [-0.05, 0) is 13.5 Å². The average Bonchev–Trinajstić information content (AvgIpc) is 2.84. The van der Waals surface area contributed by atoms with Crippen molar-refractivity contribution >= 4 is 5.91 Å². The maximum absolute atomic E-state index is 11.4. The highest BCUT2D eigenvalue weighted by Gasteiger charge is 2.34. The molecule has 1 amide bonds. The van der Waals surface area contributed by atoms with Crippen LogP contribution in [0.2, 0.25) is 0 Å². The molecule has 2 rings (SSSR count). The van der Waals surface area contributed by atoms with Gasteiger partial charge in [-0.15, -0.1) is 0 Å². The highest BCUT2D eigenvalue weighted by molar-refractivity contribution is 5.81. The quantitative estimate of drug-likeness (QED) is 0.377. The maximum atomic E-state index is 11.4. The van der Waals surface area contributed by atoms with E-state index in [9.17, 15) is 4.79 Å². The van der Waals surface area contributed by atoms with Crippen LogP contribution < -0.4 is 11.3 Å². The summed E-state index contributed by atoms with van der Waals surface area (Å²) in [5, 5.41) is 0. The Morgan fingerprint density at radius 3 is 3.07 bits per heavy atom. The molecular weight excluding hydrogens is 194 g/mol. The molecule has 15 heavy (non-hydrogen) atoms. The number of nitrogens with one attached hydrogen (secondary N) is 1. The number of likely N-dealkylation sites (tertiary alicyclic amines) is 1. The van der Waals surface area contributed by atoms with Crippen molar-refractivity contribution in [3.8, 4) is 0 Å². The molecule has 0 saturated carbocycles. The summed E-state index contributed by atoms with van der Waals surface area (Å²) in [6.45, 7) is 0.842. The number of nitrogens with two attached hydrogens (primary N) is 1. The number of carbonyl (C=O) groups excluding carboxylic acids is 1. The van der Waals surface area contributed by atoms with Gasteiger partial charge in [-0.1, -0.05) is 0 Å². The number of hydrogen-bond donors (Lipinski definition) is 2. The van der Waals surface area contributed by atoms with E-state index in [0.29, 0.717) is 6.04 Å². The van der Waals surface area contributed by atoms with Gasteiger partial charge in [0.1, 0.15) is 0 Å². The summed E-state index contributed by atoms with van der Waals surface area (Å²) in [5.74, 6) is 5.01. The predicted octanol–water partition coefficient (Wildman–Crippen LogP) is -0.882. The molecule has 0 bridgehead atoms. The molecule has 0 unspecified atom stereocenters. The zero-order valence-corrected chi connectivity index (χ0v) is 8.63. The van der Waals surface area contributed by atoms with Crippen LogP contribution in [0.3, 0.4) is 0 Å². The van der Waals surface area contributed by atoms with Crippen molar-refractivity contribution in [1.82, 2.24) is 19.9 Å². The van der Waals surface area contributed by atoms with Crippen LogP contribution in [0.4, 0.5) is 0 Å². The topological polar surface area (TPSA) is 76.2 Å². The lowest BCUT2D eigenvalue weighted by atomic mass is 10.1. The van der Waals surface area contributed by atoms with E-state index in [-0.39, 0.29) is 11.9 Å². The Morgan fingerprint density at radius 2 is 2.47 bits per heavy atom. The molecule has 0 aromatic carbocycles. The molecule has 3 N–H and O–H groups in total. The standard InChI is InChI=1S/C9H15N5O/c1-13-5-7(14-3-2-11-6-14)4-8(13)9(15)12-10/h2-3,6-8H,4-5,10H2,1H3,(H,12,15)/t7-,8-/m0/s1. The molecule has 1 saturated heterocycles. The second-order valence-electron chi connectivity index (χ2n) is 3.86. The fourth-order valence-corrected chi connectivity index (χ4v) is 2.08. The first-order valence-corrected chi connectivity index (χ1v) is 4.90. The van der Waals surface area contributed by atoms with E-state index in [4.69, 9.17) is 5.84 Å². The van der Waals surface area contributed by atoms with Gasteiger partial charge in [-0.3, -0.25) is 15.1 Å². The normalized spacial score (nSPS) is 26.8. The third-order valence-corrected chi connectivity index (χ3v) is 2.92. The Bertz CT molecular complexity index is 336. The summed E-state index contributed by atoms with van der Waals surface area (Å²) < 4.78 is 2.03. The molecule has 2 heterocycles.